The molecule has 9 aromatic carbocycles. The first-order chi connectivity index (χ1) is 23.7. The highest BCUT2D eigenvalue weighted by Gasteiger charge is 2.45. The topological polar surface area (TPSA) is 18.5 Å². The third-order valence-electron chi connectivity index (χ3n) is 10.3. The lowest BCUT2D eigenvalue weighted by Gasteiger charge is -2.39. The average molecular weight is 649 g/mol. The summed E-state index contributed by atoms with van der Waals surface area (Å²) in [6.07, 6.45) is 0. The zero-order valence-corrected chi connectivity index (χ0v) is 27.3. The maximum Gasteiger partial charge on any atom is 0.148 e. The molecule has 0 saturated carbocycles. The van der Waals surface area contributed by atoms with Crippen molar-refractivity contribution in [2.24, 2.45) is 0 Å². The Hall–Kier alpha value is -5.47. The van der Waals surface area contributed by atoms with Gasteiger partial charge in [-0.1, -0.05) is 133 Å². The summed E-state index contributed by atoms with van der Waals surface area (Å²) in [6.45, 7) is 0. The Kier molecular flexibility index (Phi) is 5.29. The summed E-state index contributed by atoms with van der Waals surface area (Å²) < 4.78 is 13.8. The van der Waals surface area contributed by atoms with Crippen LogP contribution in [0.15, 0.2) is 152 Å². The van der Waals surface area contributed by atoms with Gasteiger partial charge in [-0.2, -0.15) is 0 Å². The highest BCUT2D eigenvalue weighted by molar-refractivity contribution is 8.26. The van der Waals surface area contributed by atoms with Crippen molar-refractivity contribution in [3.63, 3.8) is 0 Å². The average Bonchev–Trinajstić information content (AvgIpc) is 3.14. The fraction of sp³-hybridized carbons (Fsp3) is 0. The van der Waals surface area contributed by atoms with Crippen molar-refractivity contribution in [2.45, 2.75) is 0 Å². The third-order valence-corrected chi connectivity index (χ3v) is 15.1. The fourth-order valence-electron chi connectivity index (χ4n) is 8.19. The van der Waals surface area contributed by atoms with Crippen LogP contribution in [0.2, 0.25) is 0 Å². The van der Waals surface area contributed by atoms with Crippen LogP contribution in [0.4, 0.5) is 0 Å². The SMILES string of the molecule is S=P12c3c(ccc(-c4ccc5c6ccccc6c6ccccc6c5c4)c3Oc3ccc4ccccc4c31)Oc1ccc3ccccc3c12. The van der Waals surface area contributed by atoms with Gasteiger partial charge in [0.05, 0.1) is 11.3 Å². The molecule has 224 valence electrons. The minimum atomic E-state index is -2.69. The molecule has 2 heterocycles. The van der Waals surface area contributed by atoms with Crippen LogP contribution in [0.25, 0.3) is 65.0 Å². The minimum Gasteiger partial charge on any atom is -0.456 e. The van der Waals surface area contributed by atoms with Gasteiger partial charge in [0.15, 0.2) is 0 Å². The Bertz CT molecular complexity index is 2860. The summed E-state index contributed by atoms with van der Waals surface area (Å²) in [5.74, 6) is 3.27. The summed E-state index contributed by atoms with van der Waals surface area (Å²) >= 11 is 7.17. The molecule has 0 radical (unpaired) electrons. The van der Waals surface area contributed by atoms with E-state index in [1.807, 2.05) is 0 Å². The van der Waals surface area contributed by atoms with E-state index in [1.54, 1.807) is 0 Å². The smallest absolute Gasteiger partial charge is 0.148 e. The van der Waals surface area contributed by atoms with Gasteiger partial charge in [0.25, 0.3) is 0 Å². The van der Waals surface area contributed by atoms with Gasteiger partial charge in [-0.15, -0.1) is 0 Å². The van der Waals surface area contributed by atoms with Crippen molar-refractivity contribution < 1.29 is 9.47 Å². The molecule has 2 aliphatic heterocycles. The van der Waals surface area contributed by atoms with Gasteiger partial charge >= 0.3 is 0 Å². The van der Waals surface area contributed by atoms with Gasteiger partial charge < -0.3 is 9.47 Å². The molecule has 4 heteroatoms. The van der Waals surface area contributed by atoms with Crippen LogP contribution in [0.1, 0.15) is 0 Å². The van der Waals surface area contributed by atoms with E-state index in [-0.39, 0.29) is 0 Å². The van der Waals surface area contributed by atoms with Crippen LogP contribution >= 0.6 is 6.04 Å². The first-order valence-corrected chi connectivity index (χ1v) is 19.0. The summed E-state index contributed by atoms with van der Waals surface area (Å²) in [6, 6.07) is 51.4. The van der Waals surface area contributed by atoms with Crippen molar-refractivity contribution >= 4 is 87.6 Å². The number of hydrogen-bond donors (Lipinski definition) is 0. The molecular formula is C44H25O2PS. The molecule has 0 N–H and O–H groups in total. The lowest BCUT2D eigenvalue weighted by molar-refractivity contribution is 0.468. The highest BCUT2D eigenvalue weighted by Crippen LogP contribution is 2.62. The molecule has 2 aliphatic rings. The van der Waals surface area contributed by atoms with E-state index < -0.39 is 6.04 Å². The van der Waals surface area contributed by atoms with Gasteiger partial charge in [-0.3, -0.25) is 0 Å². The van der Waals surface area contributed by atoms with Crippen molar-refractivity contribution in [3.05, 3.63) is 152 Å². The molecule has 0 amide bonds. The molecule has 0 fully saturated rings. The van der Waals surface area contributed by atoms with Gasteiger partial charge in [0.2, 0.25) is 0 Å². The molecule has 0 aliphatic carbocycles. The van der Waals surface area contributed by atoms with Gasteiger partial charge in [0, 0.05) is 16.2 Å². The van der Waals surface area contributed by atoms with Crippen LogP contribution < -0.4 is 25.4 Å². The van der Waals surface area contributed by atoms with Gasteiger partial charge in [-0.05, 0) is 89.8 Å². The van der Waals surface area contributed by atoms with Gasteiger partial charge in [0.1, 0.15) is 23.0 Å². The predicted molar refractivity (Wildman–Crippen MR) is 206 cm³/mol. The summed E-state index contributed by atoms with van der Waals surface area (Å²) in [4.78, 5) is 0. The van der Waals surface area contributed by atoms with E-state index in [4.69, 9.17) is 21.3 Å². The maximum absolute atomic E-state index is 7.17. The van der Waals surface area contributed by atoms with Crippen molar-refractivity contribution in [2.75, 3.05) is 0 Å². The largest absolute Gasteiger partial charge is 0.456 e. The summed E-state index contributed by atoms with van der Waals surface area (Å²) in [7, 11) is 0. The third kappa shape index (κ3) is 3.40. The number of benzene rings is 9. The molecule has 9 aromatic rings. The second-order valence-electron chi connectivity index (χ2n) is 12.7. The zero-order chi connectivity index (χ0) is 31.6. The molecule has 0 bridgehead atoms. The summed E-state index contributed by atoms with van der Waals surface area (Å²) in [5, 5.41) is 15.3. The predicted octanol–water partition coefficient (Wildman–Crippen LogP) is 11.1. The Morgan fingerprint density at radius 1 is 0.375 bits per heavy atom. The van der Waals surface area contributed by atoms with Gasteiger partial charge in [-0.25, -0.2) is 0 Å². The molecule has 2 nitrogen and oxygen atoms in total. The van der Waals surface area contributed by atoms with Crippen LogP contribution in [0.3, 0.4) is 0 Å². The molecule has 0 saturated heterocycles. The minimum absolute atomic E-state index is 0.788. The van der Waals surface area contributed by atoms with E-state index in [0.29, 0.717) is 0 Å². The summed E-state index contributed by atoms with van der Waals surface area (Å²) in [5.41, 5.74) is 2.11. The quantitative estimate of drug-likeness (QED) is 0.130. The standard InChI is InChI=1S/C44H25O2PS/c48-47-42-30-11-3-1-9-26(30)18-22-38(42)45-40-24-21-29(41(44(40)47)46-39-23-19-27-10-2-4-12-31(27)43(39)47)28-17-20-36-34-15-6-5-13-32(34)33-14-7-8-16-35(33)37(36)25-28/h1-25H. The lowest BCUT2D eigenvalue weighted by atomic mass is 9.92. The van der Waals surface area contributed by atoms with E-state index in [2.05, 4.69) is 152 Å². The lowest BCUT2D eigenvalue weighted by Crippen LogP contribution is -2.36. The van der Waals surface area contributed by atoms with E-state index in [0.717, 1.165) is 71.6 Å². The zero-order valence-electron chi connectivity index (χ0n) is 25.6. The number of hydrogen-bond acceptors (Lipinski definition) is 3. The number of rotatable bonds is 1. The first kappa shape index (κ1) is 26.6. The fourth-order valence-corrected chi connectivity index (χ4v) is 13.3. The van der Waals surface area contributed by atoms with Crippen molar-refractivity contribution in [1.82, 2.24) is 0 Å². The maximum atomic E-state index is 7.17. The molecule has 48 heavy (non-hydrogen) atoms. The normalized spacial score (nSPS) is 16.0. The molecule has 0 spiro atoms. The molecule has 1 atom stereocenters. The second-order valence-corrected chi connectivity index (χ2v) is 16.9. The number of ether oxygens (including phenoxy) is 2. The molecule has 0 aromatic heterocycles. The van der Waals surface area contributed by atoms with E-state index in [1.165, 1.54) is 32.3 Å². The first-order valence-electron chi connectivity index (χ1n) is 16.2. The van der Waals surface area contributed by atoms with Crippen LogP contribution in [-0.2, 0) is 11.8 Å². The monoisotopic (exact) mass is 648 g/mol. The van der Waals surface area contributed by atoms with Crippen LogP contribution in [-0.4, -0.2) is 0 Å². The van der Waals surface area contributed by atoms with Crippen LogP contribution in [0.5, 0.6) is 23.0 Å². The Balaban J connectivity index is 1.25. The van der Waals surface area contributed by atoms with Crippen molar-refractivity contribution in [1.29, 1.82) is 0 Å². The molecule has 11 rings (SSSR count). The van der Waals surface area contributed by atoms with Crippen LogP contribution in [0, 0.1) is 0 Å². The second kappa shape index (κ2) is 9.55. The van der Waals surface area contributed by atoms with E-state index >= 15 is 0 Å². The number of fused-ring (bicyclic) bond motifs is 14. The molecule has 1 unspecified atom stereocenters. The van der Waals surface area contributed by atoms with Crippen molar-refractivity contribution in [3.8, 4) is 34.1 Å². The Morgan fingerprint density at radius 3 is 1.44 bits per heavy atom. The highest BCUT2D eigenvalue weighted by atomic mass is 32.4. The Morgan fingerprint density at radius 2 is 0.833 bits per heavy atom. The molecular weight excluding hydrogens is 624 g/mol. The Labute approximate surface area is 281 Å². The van der Waals surface area contributed by atoms with E-state index in [9.17, 15) is 0 Å².